The molecule has 24 heavy (non-hydrogen) atoms. The first-order valence-electron chi connectivity index (χ1n) is 7.89. The van der Waals surface area contributed by atoms with Crippen molar-refractivity contribution in [3.8, 4) is 5.75 Å². The summed E-state index contributed by atoms with van der Waals surface area (Å²) in [7, 11) is 1.57. The molecule has 0 aromatic heterocycles. The number of carbonyl (C=O) groups excluding carboxylic acids is 1. The number of thioether (sulfide) groups is 1. The average Bonchev–Trinajstić information content (AvgIpc) is 2.61. The van der Waals surface area contributed by atoms with Gasteiger partial charge >= 0.3 is 0 Å². The van der Waals surface area contributed by atoms with Crippen molar-refractivity contribution in [1.29, 1.82) is 0 Å². The van der Waals surface area contributed by atoms with Crippen LogP contribution >= 0.6 is 23.4 Å². The van der Waals surface area contributed by atoms with E-state index in [-0.39, 0.29) is 5.91 Å². The zero-order chi connectivity index (χ0) is 17.7. The van der Waals surface area contributed by atoms with E-state index < -0.39 is 0 Å². The van der Waals surface area contributed by atoms with Crippen LogP contribution in [0.2, 0.25) is 5.02 Å². The Morgan fingerprint density at radius 1 is 1.21 bits per heavy atom. The van der Waals surface area contributed by atoms with Crippen LogP contribution in [-0.2, 0) is 12.8 Å². The second kappa shape index (κ2) is 8.45. The van der Waals surface area contributed by atoms with Gasteiger partial charge in [0.1, 0.15) is 5.75 Å². The summed E-state index contributed by atoms with van der Waals surface area (Å²) in [5, 5.41) is 3.72. The standard InChI is InChI=1S/C19H22ClNO2S/c1-5-12-7-10-16(20)14(6-2)18(12)21-19(22)15-9-8-13(24-4)11-17(15)23-3/h7-11H,5-6H2,1-4H3,(H,21,22). The maximum Gasteiger partial charge on any atom is 0.259 e. The van der Waals surface area contributed by atoms with E-state index in [1.165, 1.54) is 0 Å². The maximum absolute atomic E-state index is 12.8. The van der Waals surface area contributed by atoms with E-state index in [0.29, 0.717) is 16.3 Å². The Labute approximate surface area is 152 Å². The number of nitrogens with one attached hydrogen (secondary N) is 1. The van der Waals surface area contributed by atoms with E-state index in [9.17, 15) is 4.79 Å². The quantitative estimate of drug-likeness (QED) is 0.693. The second-order valence-corrected chi connectivity index (χ2v) is 6.57. The van der Waals surface area contributed by atoms with Gasteiger partial charge in [0.2, 0.25) is 0 Å². The second-order valence-electron chi connectivity index (χ2n) is 5.29. The topological polar surface area (TPSA) is 38.3 Å². The lowest BCUT2D eigenvalue weighted by molar-refractivity contribution is 0.102. The molecule has 0 aliphatic heterocycles. The predicted molar refractivity (Wildman–Crippen MR) is 103 cm³/mol. The van der Waals surface area contributed by atoms with E-state index >= 15 is 0 Å². The number of carbonyl (C=O) groups is 1. The highest BCUT2D eigenvalue weighted by molar-refractivity contribution is 7.98. The molecule has 2 rings (SSSR count). The summed E-state index contributed by atoms with van der Waals surface area (Å²) in [5.74, 6) is 0.378. The Hall–Kier alpha value is -1.65. The van der Waals surface area contributed by atoms with Gasteiger partial charge in [0.25, 0.3) is 5.91 Å². The number of anilines is 1. The van der Waals surface area contributed by atoms with E-state index in [1.807, 2.05) is 37.4 Å². The number of hydrogen-bond donors (Lipinski definition) is 1. The Morgan fingerprint density at radius 2 is 1.96 bits per heavy atom. The van der Waals surface area contributed by atoms with Crippen LogP contribution in [0.3, 0.4) is 0 Å². The van der Waals surface area contributed by atoms with Crippen LogP contribution in [-0.4, -0.2) is 19.3 Å². The molecular formula is C19H22ClNO2S. The molecule has 0 saturated carbocycles. The van der Waals surface area contributed by atoms with Crippen LogP contribution < -0.4 is 10.1 Å². The molecule has 0 fully saturated rings. The zero-order valence-corrected chi connectivity index (χ0v) is 16.0. The number of halogens is 1. The maximum atomic E-state index is 12.8. The fourth-order valence-corrected chi connectivity index (χ4v) is 3.35. The number of methoxy groups -OCH3 is 1. The van der Waals surface area contributed by atoms with Gasteiger partial charge in [0, 0.05) is 15.6 Å². The minimum Gasteiger partial charge on any atom is -0.496 e. The van der Waals surface area contributed by atoms with E-state index in [4.69, 9.17) is 16.3 Å². The molecule has 128 valence electrons. The van der Waals surface area contributed by atoms with Crippen LogP contribution in [0.4, 0.5) is 5.69 Å². The molecule has 0 radical (unpaired) electrons. The summed E-state index contributed by atoms with van der Waals surface area (Å²) >= 11 is 7.91. The Morgan fingerprint density at radius 3 is 2.54 bits per heavy atom. The van der Waals surface area contributed by atoms with Crippen molar-refractivity contribution in [2.24, 2.45) is 0 Å². The lowest BCUT2D eigenvalue weighted by Gasteiger charge is -2.17. The normalized spacial score (nSPS) is 10.5. The van der Waals surface area contributed by atoms with Gasteiger partial charge in [0.05, 0.1) is 12.7 Å². The summed E-state index contributed by atoms with van der Waals surface area (Å²) < 4.78 is 5.38. The summed E-state index contributed by atoms with van der Waals surface area (Å²) in [4.78, 5) is 13.9. The van der Waals surface area contributed by atoms with Crippen LogP contribution in [0.25, 0.3) is 0 Å². The first-order valence-corrected chi connectivity index (χ1v) is 9.49. The molecule has 0 aliphatic carbocycles. The van der Waals surface area contributed by atoms with Crippen LogP contribution in [0.5, 0.6) is 5.75 Å². The molecule has 2 aromatic carbocycles. The molecule has 1 amide bonds. The molecule has 1 N–H and O–H groups in total. The molecule has 0 bridgehead atoms. The highest BCUT2D eigenvalue weighted by Gasteiger charge is 2.17. The number of aryl methyl sites for hydroxylation is 1. The van der Waals surface area contributed by atoms with Crippen molar-refractivity contribution in [2.75, 3.05) is 18.7 Å². The van der Waals surface area contributed by atoms with Crippen LogP contribution in [0.1, 0.15) is 35.3 Å². The highest BCUT2D eigenvalue weighted by Crippen LogP contribution is 2.31. The third-order valence-corrected chi connectivity index (χ3v) is 5.05. The number of hydrogen-bond acceptors (Lipinski definition) is 3. The molecule has 5 heteroatoms. The van der Waals surface area contributed by atoms with Crippen molar-refractivity contribution in [2.45, 2.75) is 31.6 Å². The van der Waals surface area contributed by atoms with Gasteiger partial charge in [0.15, 0.2) is 0 Å². The third kappa shape index (κ3) is 3.87. The summed E-state index contributed by atoms with van der Waals surface area (Å²) in [5.41, 5.74) is 3.36. The van der Waals surface area contributed by atoms with Crippen LogP contribution in [0, 0.1) is 0 Å². The minimum absolute atomic E-state index is 0.189. The summed E-state index contributed by atoms with van der Waals surface area (Å²) in [6, 6.07) is 9.44. The average molecular weight is 364 g/mol. The molecule has 2 aromatic rings. The van der Waals surface area contributed by atoms with E-state index in [2.05, 4.69) is 12.2 Å². The molecule has 0 unspecified atom stereocenters. The fourth-order valence-electron chi connectivity index (χ4n) is 2.63. The fraction of sp³-hybridized carbons (Fsp3) is 0.316. The van der Waals surface area contributed by atoms with Crippen molar-refractivity contribution in [3.05, 3.63) is 52.0 Å². The summed E-state index contributed by atoms with van der Waals surface area (Å²) in [6.07, 6.45) is 3.56. The smallest absolute Gasteiger partial charge is 0.259 e. The number of ether oxygens (including phenoxy) is 1. The van der Waals surface area contributed by atoms with Gasteiger partial charge in [-0.15, -0.1) is 11.8 Å². The van der Waals surface area contributed by atoms with Gasteiger partial charge in [-0.2, -0.15) is 0 Å². The van der Waals surface area contributed by atoms with Crippen molar-refractivity contribution in [1.82, 2.24) is 0 Å². The third-order valence-electron chi connectivity index (χ3n) is 3.97. The van der Waals surface area contributed by atoms with E-state index in [1.54, 1.807) is 24.9 Å². The first-order chi connectivity index (χ1) is 11.5. The van der Waals surface area contributed by atoms with Gasteiger partial charge in [-0.1, -0.05) is 31.5 Å². The Kier molecular flexibility index (Phi) is 6.58. The molecule has 0 spiro atoms. The first kappa shape index (κ1) is 18.7. The SMILES string of the molecule is CCc1ccc(Cl)c(CC)c1NC(=O)c1ccc(SC)cc1OC. The molecule has 3 nitrogen and oxygen atoms in total. The summed E-state index contributed by atoms with van der Waals surface area (Å²) in [6.45, 7) is 4.09. The van der Waals surface area contributed by atoms with Crippen molar-refractivity contribution in [3.63, 3.8) is 0 Å². The number of amides is 1. The number of rotatable bonds is 6. The van der Waals surface area contributed by atoms with E-state index in [0.717, 1.165) is 34.6 Å². The minimum atomic E-state index is -0.189. The van der Waals surface area contributed by atoms with Crippen molar-refractivity contribution >= 4 is 35.0 Å². The monoisotopic (exact) mass is 363 g/mol. The lowest BCUT2D eigenvalue weighted by Crippen LogP contribution is -2.16. The Balaban J connectivity index is 2.42. The largest absolute Gasteiger partial charge is 0.496 e. The lowest BCUT2D eigenvalue weighted by atomic mass is 10.0. The molecular weight excluding hydrogens is 342 g/mol. The van der Waals surface area contributed by atoms with Gasteiger partial charge in [-0.25, -0.2) is 0 Å². The predicted octanol–water partition coefficient (Wildman–Crippen LogP) is 5.45. The Bertz CT molecular complexity index is 746. The van der Waals surface area contributed by atoms with Gasteiger partial charge in [-0.3, -0.25) is 4.79 Å². The highest BCUT2D eigenvalue weighted by atomic mass is 35.5. The molecule has 0 saturated heterocycles. The van der Waals surface area contributed by atoms with Gasteiger partial charge in [-0.05, 0) is 54.5 Å². The van der Waals surface area contributed by atoms with Crippen LogP contribution in [0.15, 0.2) is 35.2 Å². The zero-order valence-electron chi connectivity index (χ0n) is 14.4. The van der Waals surface area contributed by atoms with Gasteiger partial charge < -0.3 is 10.1 Å². The molecule has 0 heterocycles. The van der Waals surface area contributed by atoms with Crippen molar-refractivity contribution < 1.29 is 9.53 Å². The molecule has 0 aliphatic rings. The molecule has 0 atom stereocenters. The number of benzene rings is 2.